The van der Waals surface area contributed by atoms with Gasteiger partial charge in [-0.1, -0.05) is 28.1 Å². The quantitative estimate of drug-likeness (QED) is 0.799. The molecule has 0 spiro atoms. The number of benzene rings is 1. The van der Waals surface area contributed by atoms with Gasteiger partial charge in [-0.05, 0) is 63.3 Å². The Kier molecular flexibility index (Phi) is 5.42. The molecule has 1 aliphatic heterocycles. The molecule has 1 N–H and O–H groups in total. The van der Waals surface area contributed by atoms with E-state index in [-0.39, 0.29) is 24.6 Å². The Hall–Kier alpha value is -1.82. The summed E-state index contributed by atoms with van der Waals surface area (Å²) in [6.45, 7) is 6.35. The molecule has 1 saturated carbocycles. The summed E-state index contributed by atoms with van der Waals surface area (Å²) in [6, 6.07) is 8.22. The van der Waals surface area contributed by atoms with Crippen LogP contribution in [0.1, 0.15) is 45.6 Å². The van der Waals surface area contributed by atoms with Crippen LogP contribution >= 0.6 is 15.9 Å². The van der Waals surface area contributed by atoms with E-state index in [4.69, 9.17) is 4.74 Å². The third-order valence-electron chi connectivity index (χ3n) is 4.36. The molecule has 1 fully saturated rings. The van der Waals surface area contributed by atoms with Crippen LogP contribution in [0.5, 0.6) is 0 Å². The largest absolute Gasteiger partial charge is 0.444 e. The first-order chi connectivity index (χ1) is 12.2. The molecule has 140 valence electrons. The fourth-order valence-electron chi connectivity index (χ4n) is 2.95. The molecule has 0 atom stereocenters. The molecule has 1 aliphatic carbocycles. The van der Waals surface area contributed by atoms with E-state index in [9.17, 15) is 9.59 Å². The van der Waals surface area contributed by atoms with Gasteiger partial charge in [0.25, 0.3) is 0 Å². The van der Waals surface area contributed by atoms with Crippen molar-refractivity contribution in [2.75, 3.05) is 13.1 Å². The van der Waals surface area contributed by atoms with Crippen molar-refractivity contribution < 1.29 is 14.3 Å². The topological polar surface area (TPSA) is 58.6 Å². The molecule has 6 heteroatoms. The minimum Gasteiger partial charge on any atom is -0.444 e. The highest BCUT2D eigenvalue weighted by atomic mass is 79.9. The van der Waals surface area contributed by atoms with Gasteiger partial charge in [0.05, 0.1) is 6.54 Å². The van der Waals surface area contributed by atoms with Crippen LogP contribution < -0.4 is 5.32 Å². The zero-order valence-electron chi connectivity index (χ0n) is 15.5. The van der Waals surface area contributed by atoms with Gasteiger partial charge in [0.15, 0.2) is 0 Å². The Balaban J connectivity index is 1.87. The van der Waals surface area contributed by atoms with Crippen LogP contribution in [0.2, 0.25) is 0 Å². The van der Waals surface area contributed by atoms with Gasteiger partial charge in [0.2, 0.25) is 5.91 Å². The van der Waals surface area contributed by atoms with Crippen molar-refractivity contribution in [3.63, 3.8) is 0 Å². The summed E-state index contributed by atoms with van der Waals surface area (Å²) >= 11 is 3.50. The summed E-state index contributed by atoms with van der Waals surface area (Å²) in [5.41, 5.74) is 2.13. The van der Waals surface area contributed by atoms with Crippen molar-refractivity contribution in [1.82, 2.24) is 10.2 Å². The molecule has 2 aliphatic rings. The smallest absolute Gasteiger partial charge is 0.410 e. The van der Waals surface area contributed by atoms with Crippen LogP contribution in [-0.4, -0.2) is 41.6 Å². The molecule has 1 aromatic carbocycles. The number of carbonyl (C=O) groups is 2. The van der Waals surface area contributed by atoms with E-state index >= 15 is 0 Å². The van der Waals surface area contributed by atoms with Gasteiger partial charge in [-0.2, -0.15) is 0 Å². The number of nitrogens with one attached hydrogen (secondary N) is 1. The number of carbonyl (C=O) groups excluding carboxylic acids is 2. The van der Waals surface area contributed by atoms with Gasteiger partial charge >= 0.3 is 6.09 Å². The number of hydrogen-bond donors (Lipinski definition) is 1. The van der Waals surface area contributed by atoms with Crippen molar-refractivity contribution >= 4 is 33.5 Å². The first-order valence-corrected chi connectivity index (χ1v) is 9.79. The summed E-state index contributed by atoms with van der Waals surface area (Å²) in [4.78, 5) is 26.9. The second-order valence-electron chi connectivity index (χ2n) is 7.87. The molecule has 1 heterocycles. The van der Waals surface area contributed by atoms with Crippen molar-refractivity contribution in [2.24, 2.45) is 0 Å². The summed E-state index contributed by atoms with van der Waals surface area (Å²) in [5.74, 6) is -0.0734. The third kappa shape index (κ3) is 4.87. The Labute approximate surface area is 162 Å². The summed E-state index contributed by atoms with van der Waals surface area (Å²) in [6.07, 6.45) is 2.31. The number of rotatable bonds is 3. The fraction of sp³-hybridized carbons (Fsp3) is 0.500. The van der Waals surface area contributed by atoms with Gasteiger partial charge in [0.1, 0.15) is 5.60 Å². The molecular weight excluding hydrogens is 396 g/mol. The highest BCUT2D eigenvalue weighted by Crippen LogP contribution is 2.31. The molecule has 0 radical (unpaired) electrons. The highest BCUT2D eigenvalue weighted by molar-refractivity contribution is 9.10. The van der Waals surface area contributed by atoms with Gasteiger partial charge in [0, 0.05) is 22.6 Å². The molecular formula is C20H25BrN2O3. The normalized spacial score (nSPS) is 17.9. The molecule has 0 unspecified atom stereocenters. The van der Waals surface area contributed by atoms with Crippen LogP contribution in [0.4, 0.5) is 4.79 Å². The van der Waals surface area contributed by atoms with E-state index in [1.807, 2.05) is 45.0 Å². The third-order valence-corrected chi connectivity index (χ3v) is 4.85. The van der Waals surface area contributed by atoms with Gasteiger partial charge in [-0.3, -0.25) is 4.79 Å². The molecule has 0 saturated heterocycles. The Morgan fingerprint density at radius 1 is 1.27 bits per heavy atom. The van der Waals surface area contributed by atoms with Crippen LogP contribution in [-0.2, 0) is 9.53 Å². The Morgan fingerprint density at radius 3 is 2.62 bits per heavy atom. The second-order valence-corrected chi connectivity index (χ2v) is 8.78. The fourth-order valence-corrected chi connectivity index (χ4v) is 3.35. The highest BCUT2D eigenvalue weighted by Gasteiger charge is 2.32. The van der Waals surface area contributed by atoms with E-state index in [1.54, 1.807) is 4.90 Å². The SMILES string of the molecule is CC(C)(C)OC(=O)N1CCC(c2cccc(Br)c2)=C(C(=O)NC2CC2)C1. The lowest BCUT2D eigenvalue weighted by molar-refractivity contribution is -0.117. The summed E-state index contributed by atoms with van der Waals surface area (Å²) in [5, 5.41) is 3.06. The van der Waals surface area contributed by atoms with Crippen molar-refractivity contribution in [2.45, 2.75) is 51.7 Å². The Morgan fingerprint density at radius 2 is 2.00 bits per heavy atom. The lowest BCUT2D eigenvalue weighted by Crippen LogP contribution is -2.43. The summed E-state index contributed by atoms with van der Waals surface area (Å²) in [7, 11) is 0. The lowest BCUT2D eigenvalue weighted by Gasteiger charge is -2.32. The molecule has 1 aromatic rings. The molecule has 0 bridgehead atoms. The molecule has 0 aromatic heterocycles. The van der Waals surface area contributed by atoms with E-state index in [2.05, 4.69) is 21.2 Å². The van der Waals surface area contributed by atoms with Crippen LogP contribution in [0, 0.1) is 0 Å². The lowest BCUT2D eigenvalue weighted by atomic mass is 9.93. The van der Waals surface area contributed by atoms with Crippen LogP contribution in [0.3, 0.4) is 0 Å². The van der Waals surface area contributed by atoms with Crippen molar-refractivity contribution in [1.29, 1.82) is 0 Å². The molecule has 26 heavy (non-hydrogen) atoms. The average Bonchev–Trinajstić information content (AvgIpc) is 3.36. The van der Waals surface area contributed by atoms with E-state index < -0.39 is 5.60 Å². The van der Waals surface area contributed by atoms with Crippen LogP contribution in [0.25, 0.3) is 5.57 Å². The van der Waals surface area contributed by atoms with Gasteiger partial charge < -0.3 is 15.0 Å². The predicted molar refractivity (Wildman–Crippen MR) is 105 cm³/mol. The number of amides is 2. The predicted octanol–water partition coefficient (Wildman–Crippen LogP) is 4.12. The van der Waals surface area contributed by atoms with Crippen molar-refractivity contribution in [3.05, 3.63) is 39.9 Å². The number of nitrogens with zero attached hydrogens (tertiary/aromatic N) is 1. The molecule has 2 amide bonds. The molecule has 3 rings (SSSR count). The zero-order chi connectivity index (χ0) is 18.9. The Bertz CT molecular complexity index is 748. The number of ether oxygens (including phenoxy) is 1. The first kappa shape index (κ1) is 19.0. The average molecular weight is 421 g/mol. The maximum atomic E-state index is 12.8. The zero-order valence-corrected chi connectivity index (χ0v) is 17.1. The second kappa shape index (κ2) is 7.43. The van der Waals surface area contributed by atoms with E-state index in [0.29, 0.717) is 18.5 Å². The number of halogens is 1. The van der Waals surface area contributed by atoms with Crippen molar-refractivity contribution in [3.8, 4) is 0 Å². The van der Waals surface area contributed by atoms with Gasteiger partial charge in [-0.15, -0.1) is 0 Å². The van der Waals surface area contributed by atoms with Gasteiger partial charge in [-0.25, -0.2) is 4.79 Å². The monoisotopic (exact) mass is 420 g/mol. The van der Waals surface area contributed by atoms with Crippen LogP contribution in [0.15, 0.2) is 34.3 Å². The van der Waals surface area contributed by atoms with E-state index in [0.717, 1.165) is 28.5 Å². The maximum Gasteiger partial charge on any atom is 0.410 e. The molecule has 5 nitrogen and oxygen atoms in total. The minimum atomic E-state index is -0.554. The summed E-state index contributed by atoms with van der Waals surface area (Å²) < 4.78 is 6.46. The number of hydrogen-bond acceptors (Lipinski definition) is 3. The minimum absolute atomic E-state index is 0.0734. The maximum absolute atomic E-state index is 12.8. The first-order valence-electron chi connectivity index (χ1n) is 9.00. The standard InChI is InChI=1S/C20H25BrN2O3/c1-20(2,3)26-19(25)23-10-9-16(13-5-4-6-14(21)11-13)17(12-23)18(24)22-15-7-8-15/h4-6,11,15H,7-10,12H2,1-3H3,(H,22,24). The van der Waals surface area contributed by atoms with E-state index in [1.165, 1.54) is 0 Å².